The number of hydrogen-bond donors (Lipinski definition) is 1. The molecule has 1 atom stereocenters. The highest BCUT2D eigenvalue weighted by molar-refractivity contribution is 5.69. The number of carboxylic acid groups (broad SMARTS) is 1. The SMILES string of the molecule is CCCCC/C=C\C/C=C\CCCCCCCC(=O)OC(CCCC)CCCCCCCCCCCCC(=O)O. The molecule has 0 aromatic carbocycles. The number of carboxylic acids is 1. The van der Waals surface area contributed by atoms with E-state index in [0.29, 0.717) is 12.8 Å². The van der Waals surface area contributed by atoms with Crippen molar-refractivity contribution in [3.63, 3.8) is 0 Å². The molecule has 0 aromatic heterocycles. The van der Waals surface area contributed by atoms with Gasteiger partial charge in [0.05, 0.1) is 0 Å². The average Bonchev–Trinajstić information content (AvgIpc) is 2.94. The summed E-state index contributed by atoms with van der Waals surface area (Å²) in [6.07, 6.45) is 39.4. The van der Waals surface area contributed by atoms with E-state index in [4.69, 9.17) is 9.84 Å². The van der Waals surface area contributed by atoms with Gasteiger partial charge in [-0.05, 0) is 64.2 Å². The molecule has 0 bridgehead atoms. The van der Waals surface area contributed by atoms with Crippen LogP contribution in [0.15, 0.2) is 24.3 Å². The third kappa shape index (κ3) is 31.0. The van der Waals surface area contributed by atoms with Crippen molar-refractivity contribution < 1.29 is 19.4 Å². The van der Waals surface area contributed by atoms with Crippen LogP contribution in [-0.4, -0.2) is 23.1 Å². The Kier molecular flexibility index (Phi) is 30.7. The van der Waals surface area contributed by atoms with E-state index in [0.717, 1.165) is 70.6 Å². The van der Waals surface area contributed by atoms with Crippen molar-refractivity contribution in [2.75, 3.05) is 0 Å². The Labute approximate surface area is 248 Å². The van der Waals surface area contributed by atoms with Gasteiger partial charge in [-0.2, -0.15) is 0 Å². The summed E-state index contributed by atoms with van der Waals surface area (Å²) in [6.45, 7) is 4.45. The minimum Gasteiger partial charge on any atom is -0.481 e. The molecule has 1 unspecified atom stereocenters. The lowest BCUT2D eigenvalue weighted by atomic mass is 10.0. The first-order valence-corrected chi connectivity index (χ1v) is 17.3. The molecule has 0 aliphatic rings. The second-order valence-electron chi connectivity index (χ2n) is 11.7. The second-order valence-corrected chi connectivity index (χ2v) is 11.7. The van der Waals surface area contributed by atoms with Crippen molar-refractivity contribution in [3.8, 4) is 0 Å². The van der Waals surface area contributed by atoms with Crippen LogP contribution in [0.3, 0.4) is 0 Å². The fourth-order valence-corrected chi connectivity index (χ4v) is 5.08. The molecule has 0 aliphatic heterocycles. The highest BCUT2D eigenvalue weighted by atomic mass is 16.5. The number of rotatable bonds is 31. The van der Waals surface area contributed by atoms with Crippen molar-refractivity contribution in [1.82, 2.24) is 0 Å². The van der Waals surface area contributed by atoms with Gasteiger partial charge in [0.1, 0.15) is 6.10 Å². The molecule has 0 saturated heterocycles. The lowest BCUT2D eigenvalue weighted by Crippen LogP contribution is -2.18. The topological polar surface area (TPSA) is 63.6 Å². The van der Waals surface area contributed by atoms with Crippen molar-refractivity contribution in [1.29, 1.82) is 0 Å². The fourth-order valence-electron chi connectivity index (χ4n) is 5.08. The number of carbonyl (C=O) groups excluding carboxylic acids is 1. The summed E-state index contributed by atoms with van der Waals surface area (Å²) in [5.74, 6) is -0.668. The maximum atomic E-state index is 12.4. The zero-order chi connectivity index (χ0) is 29.4. The summed E-state index contributed by atoms with van der Waals surface area (Å²) in [6, 6.07) is 0. The highest BCUT2D eigenvalue weighted by Crippen LogP contribution is 2.17. The largest absolute Gasteiger partial charge is 0.481 e. The smallest absolute Gasteiger partial charge is 0.306 e. The number of esters is 1. The summed E-state index contributed by atoms with van der Waals surface area (Å²) < 4.78 is 5.89. The summed E-state index contributed by atoms with van der Waals surface area (Å²) >= 11 is 0. The van der Waals surface area contributed by atoms with Gasteiger partial charge in [-0.1, -0.05) is 134 Å². The Hall–Kier alpha value is -1.58. The Morgan fingerprint density at radius 3 is 1.55 bits per heavy atom. The minimum atomic E-state index is -0.677. The Morgan fingerprint density at radius 2 is 1.00 bits per heavy atom. The molecule has 234 valence electrons. The van der Waals surface area contributed by atoms with E-state index in [1.807, 2.05) is 0 Å². The molecule has 4 heteroatoms. The average molecular weight is 563 g/mol. The van der Waals surface area contributed by atoms with Gasteiger partial charge in [0.2, 0.25) is 0 Å². The molecule has 1 N–H and O–H groups in total. The third-order valence-electron chi connectivity index (χ3n) is 7.68. The monoisotopic (exact) mass is 562 g/mol. The van der Waals surface area contributed by atoms with Crippen LogP contribution in [0.1, 0.15) is 187 Å². The molecule has 0 radical (unpaired) electrons. The van der Waals surface area contributed by atoms with Crippen LogP contribution in [0.5, 0.6) is 0 Å². The van der Waals surface area contributed by atoms with Gasteiger partial charge in [0.15, 0.2) is 0 Å². The van der Waals surface area contributed by atoms with Crippen LogP contribution in [-0.2, 0) is 14.3 Å². The second kappa shape index (κ2) is 31.9. The van der Waals surface area contributed by atoms with Gasteiger partial charge in [0.25, 0.3) is 0 Å². The van der Waals surface area contributed by atoms with Crippen molar-refractivity contribution >= 4 is 11.9 Å². The molecule has 0 saturated carbocycles. The van der Waals surface area contributed by atoms with E-state index in [2.05, 4.69) is 38.2 Å². The molecule has 0 spiro atoms. The zero-order valence-electron chi connectivity index (χ0n) is 26.7. The first-order chi connectivity index (χ1) is 19.6. The van der Waals surface area contributed by atoms with Crippen LogP contribution in [0.25, 0.3) is 0 Å². The lowest BCUT2D eigenvalue weighted by molar-refractivity contribution is -0.150. The molecular formula is C36H66O4. The maximum Gasteiger partial charge on any atom is 0.306 e. The van der Waals surface area contributed by atoms with Crippen molar-refractivity contribution in [2.24, 2.45) is 0 Å². The van der Waals surface area contributed by atoms with E-state index < -0.39 is 5.97 Å². The van der Waals surface area contributed by atoms with Crippen molar-refractivity contribution in [2.45, 2.75) is 193 Å². The number of unbranched alkanes of at least 4 members (excludes halogenated alkanes) is 18. The predicted molar refractivity (Wildman–Crippen MR) is 172 cm³/mol. The Bertz CT molecular complexity index is 610. The predicted octanol–water partition coefficient (Wildman–Crippen LogP) is 11.7. The normalized spacial score (nSPS) is 12.4. The highest BCUT2D eigenvalue weighted by Gasteiger charge is 2.13. The lowest BCUT2D eigenvalue weighted by Gasteiger charge is -2.18. The van der Waals surface area contributed by atoms with Crippen LogP contribution >= 0.6 is 0 Å². The number of allylic oxidation sites excluding steroid dienone is 4. The third-order valence-corrected chi connectivity index (χ3v) is 7.68. The van der Waals surface area contributed by atoms with E-state index in [-0.39, 0.29) is 12.1 Å². The summed E-state index contributed by atoms with van der Waals surface area (Å²) in [5, 5.41) is 8.66. The van der Waals surface area contributed by atoms with Crippen molar-refractivity contribution in [3.05, 3.63) is 24.3 Å². The van der Waals surface area contributed by atoms with Crippen LogP contribution in [0.4, 0.5) is 0 Å². The van der Waals surface area contributed by atoms with Gasteiger partial charge in [0, 0.05) is 12.8 Å². The number of hydrogen-bond acceptors (Lipinski definition) is 3. The molecule has 40 heavy (non-hydrogen) atoms. The van der Waals surface area contributed by atoms with E-state index in [1.165, 1.54) is 89.9 Å². The minimum absolute atomic E-state index is 0.00939. The number of ether oxygens (including phenoxy) is 1. The van der Waals surface area contributed by atoms with Gasteiger partial charge in [-0.15, -0.1) is 0 Å². The van der Waals surface area contributed by atoms with Gasteiger partial charge in [-0.25, -0.2) is 0 Å². The first kappa shape index (κ1) is 38.4. The van der Waals surface area contributed by atoms with Gasteiger partial charge in [-0.3, -0.25) is 9.59 Å². The summed E-state index contributed by atoms with van der Waals surface area (Å²) in [7, 11) is 0. The quantitative estimate of drug-likeness (QED) is 0.0518. The van der Waals surface area contributed by atoms with Gasteiger partial charge < -0.3 is 9.84 Å². The molecule has 0 rings (SSSR count). The molecule has 0 heterocycles. The van der Waals surface area contributed by atoms with Crippen LogP contribution < -0.4 is 0 Å². The van der Waals surface area contributed by atoms with E-state index in [1.54, 1.807) is 0 Å². The molecule has 0 aromatic rings. The maximum absolute atomic E-state index is 12.4. The summed E-state index contributed by atoms with van der Waals surface area (Å²) in [4.78, 5) is 22.9. The van der Waals surface area contributed by atoms with E-state index in [9.17, 15) is 9.59 Å². The molecular weight excluding hydrogens is 496 g/mol. The van der Waals surface area contributed by atoms with E-state index >= 15 is 0 Å². The Balaban J connectivity index is 3.70. The fraction of sp³-hybridized carbons (Fsp3) is 0.833. The standard InChI is InChI=1S/C36H66O4/c1-3-5-7-8-9-10-11-12-13-14-15-20-23-26-29-33-36(39)40-34(30-6-4-2)31-27-24-21-18-16-17-19-22-25-28-32-35(37)38/h9-10,12-13,34H,3-8,11,14-33H2,1-2H3,(H,37,38)/b10-9-,13-12-. The number of carbonyl (C=O) groups is 2. The zero-order valence-corrected chi connectivity index (χ0v) is 26.7. The van der Waals surface area contributed by atoms with Gasteiger partial charge >= 0.3 is 11.9 Å². The first-order valence-electron chi connectivity index (χ1n) is 17.3. The Morgan fingerprint density at radius 1 is 0.550 bits per heavy atom. The van der Waals surface area contributed by atoms with Crippen LogP contribution in [0.2, 0.25) is 0 Å². The van der Waals surface area contributed by atoms with Crippen LogP contribution in [0, 0.1) is 0 Å². The molecule has 0 fully saturated rings. The number of aliphatic carboxylic acids is 1. The molecule has 0 amide bonds. The molecule has 0 aliphatic carbocycles. The summed E-state index contributed by atoms with van der Waals surface area (Å²) in [5.41, 5.74) is 0. The molecule has 4 nitrogen and oxygen atoms in total.